The second kappa shape index (κ2) is 4.40. The molecule has 4 rings (SSSR count). The maximum Gasteiger partial charge on any atom is 0.298 e. The first-order valence-electron chi connectivity index (χ1n) is 6.10. The molecule has 21 heavy (non-hydrogen) atoms. The molecule has 0 N–H and O–H groups in total. The van der Waals surface area contributed by atoms with Crippen molar-refractivity contribution >= 4 is 5.78 Å². The zero-order chi connectivity index (χ0) is 14.2. The highest BCUT2D eigenvalue weighted by Crippen LogP contribution is 2.18. The van der Waals surface area contributed by atoms with Gasteiger partial charge in [0, 0.05) is 24.3 Å². The first kappa shape index (κ1) is 11.6. The van der Waals surface area contributed by atoms with Gasteiger partial charge in [0.05, 0.1) is 6.20 Å². The Morgan fingerprint density at radius 3 is 2.81 bits per heavy atom. The van der Waals surface area contributed by atoms with Crippen molar-refractivity contribution in [3.05, 3.63) is 36.5 Å². The second-order valence-electron chi connectivity index (χ2n) is 4.25. The molecule has 0 atom stereocenters. The van der Waals surface area contributed by atoms with E-state index in [9.17, 15) is 0 Å². The van der Waals surface area contributed by atoms with E-state index in [0.29, 0.717) is 23.1 Å². The van der Waals surface area contributed by atoms with Crippen LogP contribution in [0.15, 0.2) is 35.4 Å². The first-order valence-corrected chi connectivity index (χ1v) is 6.10. The van der Waals surface area contributed by atoms with Crippen LogP contribution in [0, 0.1) is 6.92 Å². The molecular weight excluding hydrogens is 272 g/mol. The molecule has 0 aliphatic heterocycles. The fourth-order valence-electron chi connectivity index (χ4n) is 1.83. The predicted molar refractivity (Wildman–Crippen MR) is 69.8 cm³/mol. The van der Waals surface area contributed by atoms with E-state index in [1.54, 1.807) is 29.3 Å². The fraction of sp³-hybridized carbons (Fsp3) is 0.0833. The monoisotopic (exact) mass is 280 g/mol. The predicted octanol–water partition coefficient (Wildman–Crippen LogP) is 0.940. The number of hydrogen-bond donors (Lipinski definition) is 0. The maximum absolute atomic E-state index is 5.18. The van der Waals surface area contributed by atoms with Gasteiger partial charge in [-0.3, -0.25) is 4.98 Å². The molecule has 9 nitrogen and oxygen atoms in total. The standard InChI is InChI=1S/C12H8N8O/c1-7-2-3-15-12-17-10(18-20(7)12)11-16-9(19-21-11)8-6-13-4-5-14-8/h2-6H,1H3. The highest BCUT2D eigenvalue weighted by molar-refractivity contribution is 5.52. The molecule has 0 spiro atoms. The number of aromatic nitrogens is 8. The molecule has 0 aliphatic carbocycles. The minimum atomic E-state index is 0.209. The average molecular weight is 280 g/mol. The van der Waals surface area contributed by atoms with Crippen molar-refractivity contribution in [2.45, 2.75) is 6.92 Å². The van der Waals surface area contributed by atoms with Crippen molar-refractivity contribution in [3.63, 3.8) is 0 Å². The van der Waals surface area contributed by atoms with Gasteiger partial charge in [0.2, 0.25) is 11.6 Å². The Balaban J connectivity index is 1.79. The lowest BCUT2D eigenvalue weighted by atomic mass is 10.4. The molecule has 0 aromatic carbocycles. The van der Waals surface area contributed by atoms with Gasteiger partial charge in [-0.2, -0.15) is 9.97 Å². The summed E-state index contributed by atoms with van der Waals surface area (Å²) in [5.74, 6) is 1.34. The average Bonchev–Trinajstić information content (AvgIpc) is 3.15. The van der Waals surface area contributed by atoms with Crippen molar-refractivity contribution in [2.75, 3.05) is 0 Å². The van der Waals surface area contributed by atoms with Gasteiger partial charge < -0.3 is 4.52 Å². The van der Waals surface area contributed by atoms with Crippen LogP contribution in [0.5, 0.6) is 0 Å². The van der Waals surface area contributed by atoms with Gasteiger partial charge >= 0.3 is 0 Å². The molecule has 102 valence electrons. The third-order valence-electron chi connectivity index (χ3n) is 2.84. The summed E-state index contributed by atoms with van der Waals surface area (Å²) >= 11 is 0. The smallest absolute Gasteiger partial charge is 0.298 e. The van der Waals surface area contributed by atoms with Crippen LogP contribution in [0.4, 0.5) is 0 Å². The summed E-state index contributed by atoms with van der Waals surface area (Å²) in [7, 11) is 0. The molecule has 9 heteroatoms. The Morgan fingerprint density at radius 2 is 2.00 bits per heavy atom. The lowest BCUT2D eigenvalue weighted by Crippen LogP contribution is -1.94. The SMILES string of the molecule is Cc1ccnc2nc(-c3nc(-c4cnccn4)no3)nn12. The number of hydrogen-bond acceptors (Lipinski definition) is 8. The van der Waals surface area contributed by atoms with Crippen molar-refractivity contribution < 1.29 is 4.52 Å². The van der Waals surface area contributed by atoms with Crippen LogP contribution in [-0.2, 0) is 0 Å². The van der Waals surface area contributed by atoms with Gasteiger partial charge in [0.1, 0.15) is 5.69 Å². The van der Waals surface area contributed by atoms with Gasteiger partial charge in [-0.15, -0.1) is 5.10 Å². The van der Waals surface area contributed by atoms with Crippen LogP contribution in [0.2, 0.25) is 0 Å². The molecule has 0 bridgehead atoms. The highest BCUT2D eigenvalue weighted by atomic mass is 16.5. The van der Waals surface area contributed by atoms with Crippen molar-refractivity contribution in [3.8, 4) is 23.2 Å². The Kier molecular flexibility index (Phi) is 2.43. The maximum atomic E-state index is 5.18. The van der Waals surface area contributed by atoms with E-state index in [1.165, 1.54) is 0 Å². The van der Waals surface area contributed by atoms with E-state index in [0.717, 1.165) is 5.69 Å². The molecule has 0 aliphatic rings. The fourth-order valence-corrected chi connectivity index (χ4v) is 1.83. The number of fused-ring (bicyclic) bond motifs is 1. The van der Waals surface area contributed by atoms with E-state index in [4.69, 9.17) is 4.52 Å². The number of nitrogens with zero attached hydrogens (tertiary/aromatic N) is 8. The number of rotatable bonds is 2. The third kappa shape index (κ3) is 1.91. The molecule has 0 radical (unpaired) electrons. The van der Waals surface area contributed by atoms with Crippen LogP contribution >= 0.6 is 0 Å². The summed E-state index contributed by atoms with van der Waals surface area (Å²) in [6.45, 7) is 1.91. The third-order valence-corrected chi connectivity index (χ3v) is 2.84. The molecule has 4 aromatic rings. The van der Waals surface area contributed by atoms with E-state index in [2.05, 4.69) is 35.2 Å². The van der Waals surface area contributed by atoms with Gasteiger partial charge in [-0.1, -0.05) is 5.16 Å². The Bertz CT molecular complexity index is 913. The Morgan fingerprint density at radius 1 is 1.05 bits per heavy atom. The van der Waals surface area contributed by atoms with Crippen LogP contribution in [0.3, 0.4) is 0 Å². The van der Waals surface area contributed by atoms with Crippen molar-refractivity contribution in [2.24, 2.45) is 0 Å². The summed E-state index contributed by atoms with van der Waals surface area (Å²) < 4.78 is 6.79. The van der Waals surface area contributed by atoms with Crippen molar-refractivity contribution in [1.82, 2.24) is 39.7 Å². The van der Waals surface area contributed by atoms with Crippen LogP contribution < -0.4 is 0 Å². The first-order chi connectivity index (χ1) is 10.3. The molecular formula is C12H8N8O. The minimum Gasteiger partial charge on any atom is -0.330 e. The lowest BCUT2D eigenvalue weighted by molar-refractivity contribution is 0.429. The summed E-state index contributed by atoms with van der Waals surface area (Å²) in [5.41, 5.74) is 1.43. The molecule has 4 aromatic heterocycles. The van der Waals surface area contributed by atoms with E-state index in [1.807, 2.05) is 13.0 Å². The van der Waals surface area contributed by atoms with Crippen LogP contribution in [-0.4, -0.2) is 39.7 Å². The molecule has 0 fully saturated rings. The van der Waals surface area contributed by atoms with Crippen LogP contribution in [0.1, 0.15) is 5.69 Å². The Hall–Kier alpha value is -3.23. The largest absolute Gasteiger partial charge is 0.330 e. The van der Waals surface area contributed by atoms with Gasteiger partial charge in [-0.05, 0) is 13.0 Å². The van der Waals surface area contributed by atoms with Crippen molar-refractivity contribution in [1.29, 1.82) is 0 Å². The summed E-state index contributed by atoms with van der Waals surface area (Å²) in [6.07, 6.45) is 6.35. The van der Waals surface area contributed by atoms with Crippen LogP contribution in [0.25, 0.3) is 29.0 Å². The summed E-state index contributed by atoms with van der Waals surface area (Å²) in [5, 5.41) is 8.16. The highest BCUT2D eigenvalue weighted by Gasteiger charge is 2.17. The summed E-state index contributed by atoms with van der Waals surface area (Å²) in [6, 6.07) is 1.84. The van der Waals surface area contributed by atoms with E-state index in [-0.39, 0.29) is 5.89 Å². The number of aryl methyl sites for hydroxylation is 1. The van der Waals surface area contributed by atoms with E-state index < -0.39 is 0 Å². The zero-order valence-corrected chi connectivity index (χ0v) is 10.9. The molecule has 0 saturated carbocycles. The van der Waals surface area contributed by atoms with E-state index >= 15 is 0 Å². The topological polar surface area (TPSA) is 108 Å². The summed E-state index contributed by atoms with van der Waals surface area (Å²) in [4.78, 5) is 20.7. The normalized spacial score (nSPS) is 11.1. The Labute approximate surface area is 117 Å². The quantitative estimate of drug-likeness (QED) is 0.533. The molecule has 0 saturated heterocycles. The lowest BCUT2D eigenvalue weighted by Gasteiger charge is -1.92. The molecule has 0 unspecified atom stereocenters. The van der Waals surface area contributed by atoms with Gasteiger partial charge in [0.15, 0.2) is 0 Å². The van der Waals surface area contributed by atoms with Gasteiger partial charge in [0.25, 0.3) is 11.7 Å². The minimum absolute atomic E-state index is 0.209. The van der Waals surface area contributed by atoms with Gasteiger partial charge in [-0.25, -0.2) is 14.5 Å². The molecule has 4 heterocycles. The molecule has 0 amide bonds. The second-order valence-corrected chi connectivity index (χ2v) is 4.25. The zero-order valence-electron chi connectivity index (χ0n) is 10.9.